The summed E-state index contributed by atoms with van der Waals surface area (Å²) in [5.74, 6) is 0.831. The standard InChI is InChI=1S/C21H20N2O2S/c1-12(2)25-16-7-5-15(6-8-16)11-19-20(24)23-18-10-14(4)13(3)9-17(18)22-21(23)26-19/h5-12H,1-4H3/b19-11-. The molecule has 26 heavy (non-hydrogen) atoms. The summed E-state index contributed by atoms with van der Waals surface area (Å²) in [6.45, 7) is 8.11. The van der Waals surface area contributed by atoms with Gasteiger partial charge in [0.2, 0.25) is 0 Å². The van der Waals surface area contributed by atoms with Crippen molar-refractivity contribution in [3.8, 4) is 5.75 Å². The largest absolute Gasteiger partial charge is 0.491 e. The Morgan fingerprint density at radius 1 is 1.12 bits per heavy atom. The topological polar surface area (TPSA) is 43.6 Å². The fraction of sp³-hybridized carbons (Fsp3) is 0.238. The first-order valence-electron chi connectivity index (χ1n) is 8.63. The van der Waals surface area contributed by atoms with Gasteiger partial charge in [-0.15, -0.1) is 0 Å². The molecule has 4 aromatic rings. The van der Waals surface area contributed by atoms with E-state index in [4.69, 9.17) is 4.74 Å². The van der Waals surface area contributed by atoms with E-state index in [1.165, 1.54) is 16.9 Å². The predicted octanol–water partition coefficient (Wildman–Crippen LogP) is 3.86. The molecular weight excluding hydrogens is 344 g/mol. The summed E-state index contributed by atoms with van der Waals surface area (Å²) < 4.78 is 8.06. The van der Waals surface area contributed by atoms with Gasteiger partial charge in [-0.2, -0.15) is 0 Å². The van der Waals surface area contributed by atoms with E-state index >= 15 is 0 Å². The van der Waals surface area contributed by atoms with E-state index in [2.05, 4.69) is 18.8 Å². The smallest absolute Gasteiger partial charge is 0.274 e. The molecule has 2 aromatic heterocycles. The molecule has 5 heteroatoms. The molecule has 0 aliphatic rings. The lowest BCUT2D eigenvalue weighted by Gasteiger charge is -2.09. The molecule has 0 aliphatic heterocycles. The van der Waals surface area contributed by atoms with Gasteiger partial charge in [-0.1, -0.05) is 23.5 Å². The van der Waals surface area contributed by atoms with Gasteiger partial charge in [-0.3, -0.25) is 4.79 Å². The van der Waals surface area contributed by atoms with Crippen LogP contribution in [-0.2, 0) is 0 Å². The van der Waals surface area contributed by atoms with Crippen molar-refractivity contribution in [2.24, 2.45) is 0 Å². The molecule has 0 aliphatic carbocycles. The molecule has 4 nitrogen and oxygen atoms in total. The van der Waals surface area contributed by atoms with Crippen LogP contribution in [0.4, 0.5) is 0 Å². The number of imidazole rings is 1. The van der Waals surface area contributed by atoms with Crippen LogP contribution in [0.2, 0.25) is 0 Å². The third-order valence-electron chi connectivity index (χ3n) is 4.40. The summed E-state index contributed by atoms with van der Waals surface area (Å²) in [5.41, 5.74) is 5.06. The molecule has 2 aromatic carbocycles. The monoisotopic (exact) mass is 364 g/mol. The number of thiazole rings is 1. The number of benzene rings is 2. The lowest BCUT2D eigenvalue weighted by Crippen LogP contribution is -2.22. The molecule has 0 unspecified atom stereocenters. The average molecular weight is 364 g/mol. The van der Waals surface area contributed by atoms with Gasteiger partial charge in [0.15, 0.2) is 4.96 Å². The first-order valence-corrected chi connectivity index (χ1v) is 9.44. The van der Waals surface area contributed by atoms with Crippen LogP contribution in [0.15, 0.2) is 41.2 Å². The number of ether oxygens (including phenoxy) is 1. The minimum atomic E-state index is -0.0155. The highest BCUT2D eigenvalue weighted by Crippen LogP contribution is 2.21. The first kappa shape index (κ1) is 16.8. The van der Waals surface area contributed by atoms with Gasteiger partial charge in [0.05, 0.1) is 21.7 Å². The Labute approximate surface area is 155 Å². The average Bonchev–Trinajstić information content (AvgIpc) is 3.06. The van der Waals surface area contributed by atoms with Crippen molar-refractivity contribution < 1.29 is 4.74 Å². The van der Waals surface area contributed by atoms with Crippen LogP contribution < -0.4 is 14.8 Å². The van der Waals surface area contributed by atoms with Crippen LogP contribution in [0.3, 0.4) is 0 Å². The maximum absolute atomic E-state index is 12.9. The molecule has 0 fully saturated rings. The lowest BCUT2D eigenvalue weighted by atomic mass is 10.1. The molecule has 0 amide bonds. The fourth-order valence-electron chi connectivity index (χ4n) is 2.98. The van der Waals surface area contributed by atoms with E-state index in [1.807, 2.05) is 56.3 Å². The summed E-state index contributed by atoms with van der Waals surface area (Å²) in [4.78, 5) is 18.3. The molecule has 4 rings (SSSR count). The van der Waals surface area contributed by atoms with Crippen LogP contribution >= 0.6 is 11.3 Å². The lowest BCUT2D eigenvalue weighted by molar-refractivity contribution is 0.242. The maximum atomic E-state index is 12.9. The third-order valence-corrected chi connectivity index (χ3v) is 5.37. The Morgan fingerprint density at radius 3 is 2.50 bits per heavy atom. The van der Waals surface area contributed by atoms with Crippen LogP contribution in [0.1, 0.15) is 30.5 Å². The summed E-state index contributed by atoms with van der Waals surface area (Å²) in [6, 6.07) is 11.9. The molecule has 2 heterocycles. The molecule has 132 valence electrons. The first-order chi connectivity index (χ1) is 12.4. The van der Waals surface area contributed by atoms with Crippen LogP contribution in [-0.4, -0.2) is 15.5 Å². The Balaban J connectivity index is 1.82. The van der Waals surface area contributed by atoms with Gasteiger partial charge in [-0.25, -0.2) is 9.38 Å². The molecule has 0 atom stereocenters. The van der Waals surface area contributed by atoms with Gasteiger partial charge in [0.25, 0.3) is 5.56 Å². The zero-order valence-corrected chi connectivity index (χ0v) is 16.1. The van der Waals surface area contributed by atoms with Crippen molar-refractivity contribution in [3.05, 3.63) is 68.0 Å². The third kappa shape index (κ3) is 2.88. The van der Waals surface area contributed by atoms with Crippen LogP contribution in [0, 0.1) is 13.8 Å². The van der Waals surface area contributed by atoms with E-state index in [1.54, 1.807) is 4.40 Å². The second kappa shape index (κ2) is 6.25. The Hall–Kier alpha value is -2.66. The number of rotatable bonds is 3. The van der Waals surface area contributed by atoms with E-state index in [0.717, 1.165) is 32.9 Å². The van der Waals surface area contributed by atoms with Crippen molar-refractivity contribution in [1.29, 1.82) is 0 Å². The molecular formula is C21H20N2O2S. The normalized spacial score (nSPS) is 12.6. The van der Waals surface area contributed by atoms with Gasteiger partial charge < -0.3 is 4.74 Å². The highest BCUT2D eigenvalue weighted by molar-refractivity contribution is 7.15. The summed E-state index contributed by atoms with van der Waals surface area (Å²) in [7, 11) is 0. The predicted molar refractivity (Wildman–Crippen MR) is 107 cm³/mol. The van der Waals surface area contributed by atoms with Gasteiger partial charge >= 0.3 is 0 Å². The SMILES string of the molecule is Cc1cc2nc3s/c(=C\c4ccc(OC(C)C)cc4)c(=O)n3c2cc1C. The van der Waals surface area contributed by atoms with Crippen LogP contribution in [0.5, 0.6) is 5.75 Å². The maximum Gasteiger partial charge on any atom is 0.274 e. The number of hydrogen-bond donors (Lipinski definition) is 0. The minimum Gasteiger partial charge on any atom is -0.491 e. The Morgan fingerprint density at radius 2 is 1.81 bits per heavy atom. The summed E-state index contributed by atoms with van der Waals surface area (Å²) >= 11 is 1.42. The quantitative estimate of drug-likeness (QED) is 0.554. The van der Waals surface area contributed by atoms with Crippen LogP contribution in [0.25, 0.3) is 22.1 Å². The summed E-state index contributed by atoms with van der Waals surface area (Å²) in [6.07, 6.45) is 2.05. The van der Waals surface area contributed by atoms with E-state index in [0.29, 0.717) is 4.53 Å². The Bertz CT molecular complexity index is 1220. The highest BCUT2D eigenvalue weighted by atomic mass is 32.1. The van der Waals surface area contributed by atoms with Crippen molar-refractivity contribution >= 4 is 33.4 Å². The second-order valence-electron chi connectivity index (χ2n) is 6.81. The van der Waals surface area contributed by atoms with Crippen molar-refractivity contribution in [3.63, 3.8) is 0 Å². The van der Waals surface area contributed by atoms with Crippen molar-refractivity contribution in [2.45, 2.75) is 33.8 Å². The minimum absolute atomic E-state index is 0.0155. The number of aryl methyl sites for hydroxylation is 2. The number of fused-ring (bicyclic) bond motifs is 3. The molecule has 0 saturated heterocycles. The number of aromatic nitrogens is 2. The zero-order chi connectivity index (χ0) is 18.4. The molecule has 0 radical (unpaired) electrons. The zero-order valence-electron chi connectivity index (χ0n) is 15.2. The highest BCUT2D eigenvalue weighted by Gasteiger charge is 2.12. The molecule has 0 N–H and O–H groups in total. The van der Waals surface area contributed by atoms with Gasteiger partial charge in [-0.05, 0) is 74.7 Å². The van der Waals surface area contributed by atoms with E-state index in [9.17, 15) is 4.79 Å². The van der Waals surface area contributed by atoms with E-state index in [-0.39, 0.29) is 11.7 Å². The van der Waals surface area contributed by atoms with Gasteiger partial charge in [0, 0.05) is 0 Å². The molecule has 0 saturated carbocycles. The van der Waals surface area contributed by atoms with Crippen molar-refractivity contribution in [2.75, 3.05) is 0 Å². The summed E-state index contributed by atoms with van der Waals surface area (Å²) in [5, 5.41) is 0. The van der Waals surface area contributed by atoms with Gasteiger partial charge in [0.1, 0.15) is 5.75 Å². The molecule has 0 bridgehead atoms. The fourth-order valence-corrected chi connectivity index (χ4v) is 3.97. The second-order valence-corrected chi connectivity index (χ2v) is 7.82. The number of hydrogen-bond acceptors (Lipinski definition) is 4. The number of nitrogens with zero attached hydrogens (tertiary/aromatic N) is 2. The molecule has 0 spiro atoms. The van der Waals surface area contributed by atoms with Crippen molar-refractivity contribution in [1.82, 2.24) is 9.38 Å². The van der Waals surface area contributed by atoms with E-state index < -0.39 is 0 Å². The Kier molecular flexibility index (Phi) is 4.04.